The van der Waals surface area contributed by atoms with E-state index in [0.29, 0.717) is 0 Å². The Kier molecular flexibility index (Phi) is 7.75. The summed E-state index contributed by atoms with van der Waals surface area (Å²) in [5.41, 5.74) is 1.34. The number of rotatable bonds is 10. The summed E-state index contributed by atoms with van der Waals surface area (Å²) < 4.78 is 5.96. The van der Waals surface area contributed by atoms with Crippen molar-refractivity contribution in [1.82, 2.24) is 0 Å². The Bertz CT molecular complexity index is 963. The summed E-state index contributed by atoms with van der Waals surface area (Å²) in [7, 11) is -1.86. The number of benzene rings is 4. The van der Waals surface area contributed by atoms with E-state index in [1.165, 1.54) is 34.3 Å². The fraction of sp³-hybridized carbons (Fsp3) is 0.200. The van der Waals surface area contributed by atoms with Crippen molar-refractivity contribution in [2.24, 2.45) is 0 Å². The van der Waals surface area contributed by atoms with Crippen LogP contribution in [0.3, 0.4) is 0 Å². The summed E-state index contributed by atoms with van der Waals surface area (Å²) in [6.07, 6.45) is 4.53. The predicted octanol–water partition coefficient (Wildman–Crippen LogP) is 6.75. The van der Waals surface area contributed by atoms with E-state index in [0.717, 1.165) is 24.9 Å². The zero-order valence-corrected chi connectivity index (χ0v) is 19.8. The zero-order valence-electron chi connectivity index (χ0n) is 18.9. The molecule has 0 heterocycles. The molecule has 0 aliphatic heterocycles. The second-order valence-electron chi connectivity index (χ2n) is 8.17. The summed E-state index contributed by atoms with van der Waals surface area (Å²) in [6.45, 7) is 3.01. The molecule has 0 atom stereocenters. The van der Waals surface area contributed by atoms with Crippen LogP contribution in [-0.4, -0.2) is 6.61 Å². The summed E-state index contributed by atoms with van der Waals surface area (Å²) in [5.74, 6) is 0.966. The van der Waals surface area contributed by atoms with Crippen LogP contribution in [0.15, 0.2) is 115 Å². The zero-order chi connectivity index (χ0) is 22.1. The first-order valence-corrected chi connectivity index (χ1v) is 13.6. The van der Waals surface area contributed by atoms with Crippen LogP contribution in [0.25, 0.3) is 0 Å². The van der Waals surface area contributed by atoms with E-state index >= 15 is 0 Å². The Morgan fingerprint density at radius 3 is 1.47 bits per heavy atom. The van der Waals surface area contributed by atoms with Gasteiger partial charge in [0.2, 0.25) is 0 Å². The number of unbranched alkanes of at least 4 members (excludes halogenated alkanes) is 2. The second-order valence-corrected chi connectivity index (χ2v) is 11.7. The fourth-order valence-electron chi connectivity index (χ4n) is 4.28. The van der Waals surface area contributed by atoms with E-state index in [1.807, 2.05) is 0 Å². The average Bonchev–Trinajstić information content (AvgIpc) is 2.88. The maximum Gasteiger partial charge on any atom is 0.119 e. The molecule has 0 saturated carbocycles. The van der Waals surface area contributed by atoms with Crippen LogP contribution in [0, 0.1) is 0 Å². The Morgan fingerprint density at radius 1 is 0.562 bits per heavy atom. The molecule has 0 radical (unpaired) electrons. The van der Waals surface area contributed by atoms with Crippen LogP contribution in [0.5, 0.6) is 5.75 Å². The number of hydrogen-bond acceptors (Lipinski definition) is 1. The Morgan fingerprint density at radius 2 is 1.03 bits per heavy atom. The highest BCUT2D eigenvalue weighted by Crippen LogP contribution is 2.58. The first-order valence-electron chi connectivity index (χ1n) is 11.6. The number of ether oxygens (including phenoxy) is 1. The summed E-state index contributed by atoms with van der Waals surface area (Å²) in [5, 5.41) is 4.24. The van der Waals surface area contributed by atoms with Crippen LogP contribution < -0.4 is 20.7 Å². The molecule has 0 unspecified atom stereocenters. The second kappa shape index (κ2) is 11.1. The summed E-state index contributed by atoms with van der Waals surface area (Å²) >= 11 is 0. The Labute approximate surface area is 193 Å². The van der Waals surface area contributed by atoms with E-state index in [2.05, 4.69) is 122 Å². The minimum atomic E-state index is -1.86. The lowest BCUT2D eigenvalue weighted by molar-refractivity contribution is 0.306. The minimum absolute atomic E-state index is 0.794. The Balaban J connectivity index is 1.73. The standard InChI is InChI=1S/C30H32OP/c1-2-3-13-24-31-27-22-20-26(21-23-27)25-32(28-14-7-4-8-15-28,29-16-9-5-10-17-29)30-18-11-6-12-19-30/h4-12,14-23H,2-3,13,24-25H2,1H3/q+1. The molecule has 4 aromatic carbocycles. The minimum Gasteiger partial charge on any atom is -0.494 e. The van der Waals surface area contributed by atoms with Crippen molar-refractivity contribution in [3.05, 3.63) is 121 Å². The van der Waals surface area contributed by atoms with Crippen LogP contribution in [0.2, 0.25) is 0 Å². The highest BCUT2D eigenvalue weighted by atomic mass is 31.2. The molecular formula is C30H32OP+. The largest absolute Gasteiger partial charge is 0.494 e. The molecule has 0 aromatic heterocycles. The predicted molar refractivity (Wildman–Crippen MR) is 140 cm³/mol. The first kappa shape index (κ1) is 22.3. The Hall–Kier alpha value is -2.89. The van der Waals surface area contributed by atoms with Crippen molar-refractivity contribution >= 4 is 23.2 Å². The number of hydrogen-bond donors (Lipinski definition) is 0. The molecule has 4 rings (SSSR count). The summed E-state index contributed by atoms with van der Waals surface area (Å²) in [6, 6.07) is 41.9. The molecule has 0 aliphatic rings. The molecule has 4 aromatic rings. The van der Waals surface area contributed by atoms with Gasteiger partial charge in [-0.25, -0.2) is 0 Å². The molecule has 0 aliphatic carbocycles. The van der Waals surface area contributed by atoms with Gasteiger partial charge in [0, 0.05) is 0 Å². The molecule has 0 spiro atoms. The van der Waals surface area contributed by atoms with Crippen LogP contribution in [-0.2, 0) is 6.16 Å². The molecule has 0 bridgehead atoms. The van der Waals surface area contributed by atoms with Gasteiger partial charge in [0.1, 0.15) is 28.9 Å². The highest BCUT2D eigenvalue weighted by Gasteiger charge is 2.45. The molecule has 1 nitrogen and oxygen atoms in total. The highest BCUT2D eigenvalue weighted by molar-refractivity contribution is 7.95. The summed E-state index contributed by atoms with van der Waals surface area (Å²) in [4.78, 5) is 0. The molecule has 0 saturated heterocycles. The quantitative estimate of drug-likeness (QED) is 0.196. The lowest BCUT2D eigenvalue weighted by Gasteiger charge is -2.28. The van der Waals surface area contributed by atoms with Gasteiger partial charge in [0.25, 0.3) is 0 Å². The van der Waals surface area contributed by atoms with E-state index < -0.39 is 7.26 Å². The van der Waals surface area contributed by atoms with Crippen molar-refractivity contribution in [2.75, 3.05) is 6.61 Å². The van der Waals surface area contributed by atoms with Gasteiger partial charge in [-0.2, -0.15) is 0 Å². The monoisotopic (exact) mass is 439 g/mol. The van der Waals surface area contributed by atoms with E-state index in [1.54, 1.807) is 0 Å². The van der Waals surface area contributed by atoms with Crippen LogP contribution in [0.1, 0.15) is 31.7 Å². The van der Waals surface area contributed by atoms with Gasteiger partial charge < -0.3 is 4.74 Å². The fourth-order valence-corrected chi connectivity index (χ4v) is 8.52. The van der Waals surface area contributed by atoms with Crippen molar-refractivity contribution in [3.8, 4) is 5.75 Å². The molecule has 0 N–H and O–H groups in total. The van der Waals surface area contributed by atoms with Gasteiger partial charge in [0.15, 0.2) is 0 Å². The SMILES string of the molecule is CCCCCOc1ccc(C[P+](c2ccccc2)(c2ccccc2)c2ccccc2)cc1. The third-order valence-corrected chi connectivity index (χ3v) is 10.3. The smallest absolute Gasteiger partial charge is 0.119 e. The normalized spacial score (nSPS) is 11.3. The van der Waals surface area contributed by atoms with Crippen molar-refractivity contribution in [1.29, 1.82) is 0 Å². The molecule has 0 amide bonds. The van der Waals surface area contributed by atoms with Crippen molar-refractivity contribution < 1.29 is 4.74 Å². The lowest BCUT2D eigenvalue weighted by atomic mass is 10.2. The average molecular weight is 440 g/mol. The molecule has 0 fully saturated rings. The lowest BCUT2D eigenvalue weighted by Crippen LogP contribution is -2.32. The molecular weight excluding hydrogens is 407 g/mol. The van der Waals surface area contributed by atoms with E-state index in [9.17, 15) is 0 Å². The van der Waals surface area contributed by atoms with Gasteiger partial charge in [-0.15, -0.1) is 0 Å². The van der Waals surface area contributed by atoms with E-state index in [-0.39, 0.29) is 0 Å². The van der Waals surface area contributed by atoms with Gasteiger partial charge >= 0.3 is 0 Å². The van der Waals surface area contributed by atoms with Gasteiger partial charge in [-0.3, -0.25) is 0 Å². The molecule has 2 heteroatoms. The van der Waals surface area contributed by atoms with Crippen molar-refractivity contribution in [2.45, 2.75) is 32.3 Å². The van der Waals surface area contributed by atoms with E-state index in [4.69, 9.17) is 4.74 Å². The third-order valence-electron chi connectivity index (χ3n) is 5.95. The maximum atomic E-state index is 5.96. The molecule has 162 valence electrons. The van der Waals surface area contributed by atoms with Gasteiger partial charge in [-0.1, -0.05) is 86.5 Å². The van der Waals surface area contributed by atoms with Crippen molar-refractivity contribution in [3.63, 3.8) is 0 Å². The maximum absolute atomic E-state index is 5.96. The molecule has 32 heavy (non-hydrogen) atoms. The topological polar surface area (TPSA) is 9.23 Å². The van der Waals surface area contributed by atoms with Crippen LogP contribution >= 0.6 is 7.26 Å². The van der Waals surface area contributed by atoms with Gasteiger partial charge in [0.05, 0.1) is 12.8 Å². The third kappa shape index (κ3) is 5.12. The van der Waals surface area contributed by atoms with Crippen LogP contribution in [0.4, 0.5) is 0 Å². The first-order chi connectivity index (χ1) is 15.8. The van der Waals surface area contributed by atoms with Gasteiger partial charge in [-0.05, 0) is 60.5 Å².